The number of rotatable bonds is 73. The number of nitrogens with one attached hydrogen (secondary N) is 1. The summed E-state index contributed by atoms with van der Waals surface area (Å²) in [7, 11) is 0. The zero-order chi connectivity index (χ0) is 61.3. The minimum atomic E-state index is -0.843. The van der Waals surface area contributed by atoms with E-state index in [2.05, 4.69) is 43.5 Å². The van der Waals surface area contributed by atoms with Gasteiger partial charge in [0.25, 0.3) is 0 Å². The van der Waals surface area contributed by atoms with E-state index < -0.39 is 12.1 Å². The number of hydrogen-bond donors (Lipinski definition) is 3. The number of carbonyl (C=O) groups excluding carboxylic acids is 2. The predicted molar refractivity (Wildman–Crippen MR) is 375 cm³/mol. The van der Waals surface area contributed by atoms with Gasteiger partial charge < -0.3 is 20.3 Å². The highest BCUT2D eigenvalue weighted by atomic mass is 16.5. The summed E-state index contributed by atoms with van der Waals surface area (Å²) in [5, 5.41) is 23.2. The van der Waals surface area contributed by atoms with Crippen LogP contribution < -0.4 is 5.32 Å². The molecule has 0 saturated carbocycles. The highest BCUT2D eigenvalue weighted by molar-refractivity contribution is 5.76. The molecule has 0 spiro atoms. The van der Waals surface area contributed by atoms with Crippen LogP contribution >= 0.6 is 0 Å². The number of aliphatic hydroxyl groups excluding tert-OH is 2. The van der Waals surface area contributed by atoms with Gasteiger partial charge in [0.05, 0.1) is 25.4 Å². The van der Waals surface area contributed by atoms with E-state index in [0.717, 1.165) is 44.9 Å². The largest absolute Gasteiger partial charge is 0.466 e. The Morgan fingerprint density at radius 1 is 0.329 bits per heavy atom. The van der Waals surface area contributed by atoms with E-state index in [0.29, 0.717) is 19.4 Å². The van der Waals surface area contributed by atoms with Gasteiger partial charge in [-0.25, -0.2) is 0 Å². The number of aliphatic hydroxyl groups is 2. The molecule has 0 aromatic heterocycles. The molecule has 0 aromatic carbocycles. The van der Waals surface area contributed by atoms with Gasteiger partial charge in [-0.2, -0.15) is 0 Å². The lowest BCUT2D eigenvalue weighted by molar-refractivity contribution is -0.143. The van der Waals surface area contributed by atoms with E-state index in [-0.39, 0.29) is 18.5 Å². The van der Waals surface area contributed by atoms with Crippen molar-refractivity contribution >= 4 is 11.9 Å². The van der Waals surface area contributed by atoms with Crippen LogP contribution in [-0.2, 0) is 14.3 Å². The number of carbonyl (C=O) groups is 2. The molecule has 1 amide bonds. The highest BCUT2D eigenvalue weighted by Crippen LogP contribution is 2.19. The number of unbranched alkanes of at least 4 members (excludes halogenated alkanes) is 58. The summed E-state index contributed by atoms with van der Waals surface area (Å²) in [4.78, 5) is 24.6. The second-order valence-electron chi connectivity index (χ2n) is 26.7. The molecule has 85 heavy (non-hydrogen) atoms. The Bertz CT molecular complexity index is 1380. The molecule has 3 N–H and O–H groups in total. The van der Waals surface area contributed by atoms with Gasteiger partial charge >= 0.3 is 5.97 Å². The van der Waals surface area contributed by atoms with Crippen molar-refractivity contribution in [1.82, 2.24) is 5.32 Å². The summed E-state index contributed by atoms with van der Waals surface area (Å²) in [6, 6.07) is -0.627. The molecular weight excluding hydrogens is 1040 g/mol. The summed E-state index contributed by atoms with van der Waals surface area (Å²) >= 11 is 0. The third-order valence-corrected chi connectivity index (χ3v) is 18.2. The van der Waals surface area contributed by atoms with Crippen LogP contribution in [0.2, 0.25) is 0 Å². The lowest BCUT2D eigenvalue weighted by Gasteiger charge is -2.20. The van der Waals surface area contributed by atoms with Gasteiger partial charge in [0.1, 0.15) is 0 Å². The minimum absolute atomic E-state index is 0.0207. The third-order valence-electron chi connectivity index (χ3n) is 18.2. The SMILES string of the molecule is CCCCCCCCCCCCCCCCC/C=C/C(O)C(CO)NC(=O)CCCCCCCCCCCCCCCCCCC/C=C\C/C=C\CCCCCCCCCCCCCOC(=O)CCCCCCCCCCCCCCCCCC. The number of hydrogen-bond acceptors (Lipinski definition) is 5. The first-order valence-corrected chi connectivity index (χ1v) is 38.8. The first-order chi connectivity index (χ1) is 42.0. The molecule has 502 valence electrons. The normalized spacial score (nSPS) is 12.7. The topological polar surface area (TPSA) is 95.9 Å². The maximum Gasteiger partial charge on any atom is 0.305 e. The summed E-state index contributed by atoms with van der Waals surface area (Å²) in [5.41, 5.74) is 0. The molecule has 2 atom stereocenters. The van der Waals surface area contributed by atoms with Gasteiger partial charge in [-0.3, -0.25) is 9.59 Å². The molecule has 0 aromatic rings. The van der Waals surface area contributed by atoms with Crippen molar-refractivity contribution in [2.45, 2.75) is 443 Å². The Morgan fingerprint density at radius 3 is 0.894 bits per heavy atom. The number of amides is 1. The van der Waals surface area contributed by atoms with E-state index in [1.165, 1.54) is 360 Å². The second kappa shape index (κ2) is 74.5. The molecular formula is C79H151NO5. The quantitative estimate of drug-likeness (QED) is 0.0320. The first-order valence-electron chi connectivity index (χ1n) is 38.8. The maximum absolute atomic E-state index is 12.5. The molecule has 0 rings (SSSR count). The molecule has 0 bridgehead atoms. The predicted octanol–water partition coefficient (Wildman–Crippen LogP) is 25.4. The van der Waals surface area contributed by atoms with Gasteiger partial charge in [-0.1, -0.05) is 391 Å². The van der Waals surface area contributed by atoms with Crippen molar-refractivity contribution in [3.8, 4) is 0 Å². The van der Waals surface area contributed by atoms with Gasteiger partial charge in [-0.05, 0) is 64.2 Å². The van der Waals surface area contributed by atoms with Crippen molar-refractivity contribution in [3.05, 3.63) is 36.5 Å². The van der Waals surface area contributed by atoms with Crippen molar-refractivity contribution in [3.63, 3.8) is 0 Å². The fourth-order valence-electron chi connectivity index (χ4n) is 12.3. The molecule has 6 heteroatoms. The molecule has 0 radical (unpaired) electrons. The van der Waals surface area contributed by atoms with E-state index in [1.54, 1.807) is 6.08 Å². The first kappa shape index (κ1) is 83.1. The van der Waals surface area contributed by atoms with Gasteiger partial charge in [0.2, 0.25) is 5.91 Å². The summed E-state index contributed by atoms with van der Waals surface area (Å²) in [6.45, 7) is 4.95. The van der Waals surface area contributed by atoms with Crippen LogP contribution in [0.25, 0.3) is 0 Å². The van der Waals surface area contributed by atoms with Crippen LogP contribution in [0.4, 0.5) is 0 Å². The number of ether oxygens (including phenoxy) is 1. The zero-order valence-corrected chi connectivity index (χ0v) is 57.6. The Labute approximate surface area is 532 Å². The van der Waals surface area contributed by atoms with Crippen molar-refractivity contribution in [2.75, 3.05) is 13.2 Å². The van der Waals surface area contributed by atoms with E-state index in [9.17, 15) is 19.8 Å². The summed E-state index contributed by atoms with van der Waals surface area (Å²) in [6.07, 6.45) is 96.9. The monoisotopic (exact) mass is 1190 g/mol. The van der Waals surface area contributed by atoms with Crippen LogP contribution in [0, 0.1) is 0 Å². The Morgan fingerprint density at radius 2 is 0.588 bits per heavy atom. The van der Waals surface area contributed by atoms with E-state index >= 15 is 0 Å². The third kappa shape index (κ3) is 71.0. The van der Waals surface area contributed by atoms with Crippen molar-refractivity contribution in [2.24, 2.45) is 0 Å². The average Bonchev–Trinajstić information content (AvgIpc) is 3.51. The minimum Gasteiger partial charge on any atom is -0.466 e. The lowest BCUT2D eigenvalue weighted by Crippen LogP contribution is -2.45. The molecule has 0 heterocycles. The Kier molecular flexibility index (Phi) is 72.9. The molecule has 6 nitrogen and oxygen atoms in total. The van der Waals surface area contributed by atoms with Gasteiger partial charge in [0.15, 0.2) is 0 Å². The van der Waals surface area contributed by atoms with Gasteiger partial charge in [0, 0.05) is 12.8 Å². The molecule has 2 unspecified atom stereocenters. The molecule has 0 saturated heterocycles. The van der Waals surface area contributed by atoms with Crippen LogP contribution in [-0.4, -0.2) is 47.4 Å². The zero-order valence-electron chi connectivity index (χ0n) is 57.6. The van der Waals surface area contributed by atoms with Gasteiger partial charge in [-0.15, -0.1) is 0 Å². The fraction of sp³-hybridized carbons (Fsp3) is 0.899. The molecule has 0 aliphatic heterocycles. The highest BCUT2D eigenvalue weighted by Gasteiger charge is 2.18. The van der Waals surface area contributed by atoms with Crippen LogP contribution in [0.3, 0.4) is 0 Å². The van der Waals surface area contributed by atoms with Crippen molar-refractivity contribution in [1.29, 1.82) is 0 Å². The Hall–Kier alpha value is -1.92. The Balaban J connectivity index is 3.37. The second-order valence-corrected chi connectivity index (χ2v) is 26.7. The van der Waals surface area contributed by atoms with Crippen LogP contribution in [0.5, 0.6) is 0 Å². The number of esters is 1. The van der Waals surface area contributed by atoms with Crippen LogP contribution in [0.15, 0.2) is 36.5 Å². The lowest BCUT2D eigenvalue weighted by atomic mass is 10.0. The standard InChI is InChI=1S/C79H151NO5/c1-3-5-7-9-11-13-15-17-19-40-43-47-51-55-59-63-67-71-77(82)76(75-81)80-78(83)72-68-64-60-56-52-48-44-41-38-36-34-32-30-28-26-24-22-21-23-25-27-29-31-33-35-37-39-42-46-50-54-58-62-66-70-74-85-79(84)73-69-65-61-57-53-49-45-20-18-16-14-12-10-8-6-4-2/h23,25,29,31,67,71,76-77,81-82H,3-22,24,26-28,30,32-66,68-70,72-75H2,1-2H3,(H,80,83)/b25-23-,31-29-,71-67+. The maximum atomic E-state index is 12.5. The van der Waals surface area contributed by atoms with E-state index in [1.807, 2.05) is 6.08 Å². The number of allylic oxidation sites excluding steroid dienone is 5. The molecule has 0 fully saturated rings. The summed E-state index contributed by atoms with van der Waals surface area (Å²) < 4.78 is 5.51. The molecule has 0 aliphatic carbocycles. The fourth-order valence-corrected chi connectivity index (χ4v) is 12.3. The van der Waals surface area contributed by atoms with Crippen LogP contribution in [0.1, 0.15) is 431 Å². The van der Waals surface area contributed by atoms with E-state index in [4.69, 9.17) is 4.74 Å². The molecule has 0 aliphatic rings. The smallest absolute Gasteiger partial charge is 0.305 e. The van der Waals surface area contributed by atoms with Crippen molar-refractivity contribution < 1.29 is 24.5 Å². The summed E-state index contributed by atoms with van der Waals surface area (Å²) in [5.74, 6) is -0.0417. The average molecular weight is 1200 g/mol.